The van der Waals surface area contributed by atoms with Crippen molar-refractivity contribution in [3.63, 3.8) is 0 Å². The average molecular weight is 444 g/mol. The number of ether oxygens (including phenoxy) is 3. The molecule has 2 aliphatic heterocycles. The Morgan fingerprint density at radius 1 is 1.12 bits per heavy atom. The lowest BCUT2D eigenvalue weighted by atomic mass is 9.71. The number of benzene rings is 1. The summed E-state index contributed by atoms with van der Waals surface area (Å²) in [5.41, 5.74) is 0.460. The van der Waals surface area contributed by atoms with Gasteiger partial charge in [-0.15, -0.1) is 0 Å². The van der Waals surface area contributed by atoms with Gasteiger partial charge < -0.3 is 28.5 Å². The molecule has 2 amide bonds. The van der Waals surface area contributed by atoms with Gasteiger partial charge in [-0.3, -0.25) is 9.59 Å². The summed E-state index contributed by atoms with van der Waals surface area (Å²) in [6, 6.07) is 5.41. The van der Waals surface area contributed by atoms with Crippen LogP contribution < -0.4 is 9.47 Å². The molecule has 0 bridgehead atoms. The second-order valence-electron chi connectivity index (χ2n) is 8.41. The lowest BCUT2D eigenvalue weighted by molar-refractivity contribution is -0.144. The van der Waals surface area contributed by atoms with E-state index >= 15 is 0 Å². The van der Waals surface area contributed by atoms with Crippen LogP contribution in [0.25, 0.3) is 0 Å². The van der Waals surface area contributed by atoms with E-state index in [0.29, 0.717) is 49.4 Å². The Hall–Kier alpha value is -3.14. The SMILES string of the molecule is COCC(=O)N1CC(c2nc(C)no2)C2(C1)CN(C(=O)Cc1cc(OC)ccc1OC)C2. The summed E-state index contributed by atoms with van der Waals surface area (Å²) in [4.78, 5) is 33.5. The van der Waals surface area contributed by atoms with Crippen LogP contribution in [-0.4, -0.2) is 85.9 Å². The van der Waals surface area contributed by atoms with E-state index in [1.165, 1.54) is 7.11 Å². The normalized spacial score (nSPS) is 19.2. The van der Waals surface area contributed by atoms with Crippen LogP contribution in [0.5, 0.6) is 11.5 Å². The van der Waals surface area contributed by atoms with Gasteiger partial charge in [0.1, 0.15) is 18.1 Å². The Balaban J connectivity index is 1.49. The molecular formula is C22H28N4O6. The summed E-state index contributed by atoms with van der Waals surface area (Å²) < 4.78 is 21.2. The number of carbonyl (C=O) groups excluding carboxylic acids is 2. The van der Waals surface area contributed by atoms with Crippen LogP contribution in [0.4, 0.5) is 0 Å². The number of hydrogen-bond acceptors (Lipinski definition) is 8. The summed E-state index contributed by atoms with van der Waals surface area (Å²) in [5, 5.41) is 3.92. The van der Waals surface area contributed by atoms with Crippen molar-refractivity contribution in [1.82, 2.24) is 19.9 Å². The third-order valence-corrected chi connectivity index (χ3v) is 6.30. The molecule has 0 N–H and O–H groups in total. The van der Waals surface area contributed by atoms with Crippen LogP contribution in [0.2, 0.25) is 0 Å². The van der Waals surface area contributed by atoms with Crippen molar-refractivity contribution in [2.45, 2.75) is 19.3 Å². The molecule has 0 radical (unpaired) electrons. The lowest BCUT2D eigenvalue weighted by Crippen LogP contribution is -2.62. The molecule has 172 valence electrons. The van der Waals surface area contributed by atoms with Gasteiger partial charge in [-0.25, -0.2) is 0 Å². The highest BCUT2D eigenvalue weighted by molar-refractivity contribution is 5.81. The molecule has 4 rings (SSSR count). The average Bonchev–Trinajstić information content (AvgIpc) is 3.36. The van der Waals surface area contributed by atoms with E-state index in [4.69, 9.17) is 18.7 Å². The van der Waals surface area contributed by atoms with E-state index < -0.39 is 0 Å². The molecule has 2 saturated heterocycles. The van der Waals surface area contributed by atoms with Crippen molar-refractivity contribution in [1.29, 1.82) is 0 Å². The van der Waals surface area contributed by atoms with Gasteiger partial charge in [-0.2, -0.15) is 4.98 Å². The summed E-state index contributed by atoms with van der Waals surface area (Å²) >= 11 is 0. The fourth-order valence-corrected chi connectivity index (χ4v) is 4.67. The van der Waals surface area contributed by atoms with Gasteiger partial charge in [0.2, 0.25) is 17.7 Å². The lowest BCUT2D eigenvalue weighted by Gasteiger charge is -2.50. The topological polar surface area (TPSA) is 107 Å². The van der Waals surface area contributed by atoms with Crippen molar-refractivity contribution in [3.8, 4) is 11.5 Å². The van der Waals surface area contributed by atoms with Crippen molar-refractivity contribution < 1.29 is 28.3 Å². The third-order valence-electron chi connectivity index (χ3n) is 6.30. The molecule has 1 spiro atoms. The van der Waals surface area contributed by atoms with Gasteiger partial charge in [0.05, 0.1) is 26.6 Å². The standard InChI is InChI=1S/C22H28N4O6/c1-14-23-21(32-24-14)17-9-25(20(28)10-29-2)11-22(17)12-26(13-22)19(27)8-15-7-16(30-3)5-6-18(15)31-4/h5-7,17H,8-13H2,1-4H3. The minimum Gasteiger partial charge on any atom is -0.497 e. The summed E-state index contributed by atoms with van der Waals surface area (Å²) in [6.45, 7) is 3.80. The monoisotopic (exact) mass is 444 g/mol. The van der Waals surface area contributed by atoms with Gasteiger partial charge in [-0.1, -0.05) is 5.16 Å². The van der Waals surface area contributed by atoms with Crippen LogP contribution >= 0.6 is 0 Å². The van der Waals surface area contributed by atoms with Gasteiger partial charge >= 0.3 is 0 Å². The molecule has 32 heavy (non-hydrogen) atoms. The van der Waals surface area contributed by atoms with E-state index in [1.807, 2.05) is 6.07 Å². The highest BCUT2D eigenvalue weighted by Crippen LogP contribution is 2.49. The molecule has 1 aromatic carbocycles. The van der Waals surface area contributed by atoms with E-state index in [1.54, 1.807) is 43.1 Å². The van der Waals surface area contributed by atoms with Crippen molar-refractivity contribution in [3.05, 3.63) is 35.5 Å². The first-order valence-electron chi connectivity index (χ1n) is 10.4. The molecular weight excluding hydrogens is 416 g/mol. The smallest absolute Gasteiger partial charge is 0.248 e. The predicted octanol–water partition coefficient (Wildman–Crippen LogP) is 1.04. The zero-order valence-electron chi connectivity index (χ0n) is 18.8. The highest BCUT2D eigenvalue weighted by Gasteiger charge is 2.58. The number of rotatable bonds is 7. The van der Waals surface area contributed by atoms with Gasteiger partial charge in [0, 0.05) is 44.3 Å². The number of nitrogens with zero attached hydrogens (tertiary/aromatic N) is 4. The molecule has 2 aromatic rings. The maximum Gasteiger partial charge on any atom is 0.248 e. The number of methoxy groups -OCH3 is 3. The Morgan fingerprint density at radius 3 is 2.50 bits per heavy atom. The molecule has 2 fully saturated rings. The largest absolute Gasteiger partial charge is 0.497 e. The van der Waals surface area contributed by atoms with Crippen LogP contribution in [0.1, 0.15) is 23.2 Å². The third kappa shape index (κ3) is 4.02. The molecule has 1 aromatic heterocycles. The molecule has 1 unspecified atom stereocenters. The number of likely N-dealkylation sites (tertiary alicyclic amines) is 2. The quantitative estimate of drug-likeness (QED) is 0.624. The first kappa shape index (κ1) is 22.1. The zero-order valence-corrected chi connectivity index (χ0v) is 18.8. The molecule has 0 aliphatic carbocycles. The van der Waals surface area contributed by atoms with E-state index in [0.717, 1.165) is 5.56 Å². The number of aryl methyl sites for hydroxylation is 1. The number of carbonyl (C=O) groups is 2. The second kappa shape index (κ2) is 8.78. The number of hydrogen-bond donors (Lipinski definition) is 0. The van der Waals surface area contributed by atoms with Gasteiger partial charge in [0.25, 0.3) is 0 Å². The first-order valence-corrected chi connectivity index (χ1v) is 10.4. The van der Waals surface area contributed by atoms with E-state index in [-0.39, 0.29) is 36.2 Å². The highest BCUT2D eigenvalue weighted by atomic mass is 16.5. The fourth-order valence-electron chi connectivity index (χ4n) is 4.67. The summed E-state index contributed by atoms with van der Waals surface area (Å²) in [7, 11) is 4.66. The van der Waals surface area contributed by atoms with Crippen molar-refractivity contribution >= 4 is 11.8 Å². The summed E-state index contributed by atoms with van der Waals surface area (Å²) in [5.74, 6) is 2.15. The van der Waals surface area contributed by atoms with E-state index in [9.17, 15) is 9.59 Å². The fraction of sp³-hybridized carbons (Fsp3) is 0.545. The van der Waals surface area contributed by atoms with Crippen LogP contribution in [0, 0.1) is 12.3 Å². The Bertz CT molecular complexity index is 1000. The molecule has 3 heterocycles. The van der Waals surface area contributed by atoms with E-state index in [2.05, 4.69) is 10.1 Å². The zero-order chi connectivity index (χ0) is 22.9. The molecule has 10 heteroatoms. The maximum absolute atomic E-state index is 13.0. The summed E-state index contributed by atoms with van der Waals surface area (Å²) in [6.07, 6.45) is 0.201. The molecule has 2 aliphatic rings. The Morgan fingerprint density at radius 2 is 1.88 bits per heavy atom. The first-order chi connectivity index (χ1) is 15.4. The van der Waals surface area contributed by atoms with Crippen LogP contribution in [0.3, 0.4) is 0 Å². The van der Waals surface area contributed by atoms with Gasteiger partial charge in [-0.05, 0) is 25.1 Å². The Kier molecular flexibility index (Phi) is 6.05. The minimum atomic E-state index is -0.309. The number of amides is 2. The van der Waals surface area contributed by atoms with Crippen molar-refractivity contribution in [2.24, 2.45) is 5.41 Å². The predicted molar refractivity (Wildman–Crippen MR) is 112 cm³/mol. The van der Waals surface area contributed by atoms with Crippen LogP contribution in [-0.2, 0) is 20.7 Å². The number of aromatic nitrogens is 2. The second-order valence-corrected chi connectivity index (χ2v) is 8.41. The maximum atomic E-state index is 13.0. The van der Waals surface area contributed by atoms with Crippen LogP contribution in [0.15, 0.2) is 22.7 Å². The molecule has 0 saturated carbocycles. The van der Waals surface area contributed by atoms with Gasteiger partial charge in [0.15, 0.2) is 5.82 Å². The molecule has 1 atom stereocenters. The minimum absolute atomic E-state index is 0.00990. The van der Waals surface area contributed by atoms with Crippen molar-refractivity contribution in [2.75, 3.05) is 54.1 Å². The Labute approximate surface area is 186 Å². The molecule has 10 nitrogen and oxygen atoms in total.